The van der Waals surface area contributed by atoms with Gasteiger partial charge in [0, 0.05) is 30.7 Å². The lowest BCUT2D eigenvalue weighted by Crippen LogP contribution is -2.01. The highest BCUT2D eigenvalue weighted by Crippen LogP contribution is 2.22. The molecule has 0 saturated heterocycles. The molecule has 1 aromatic heterocycles. The fourth-order valence-electron chi connectivity index (χ4n) is 1.52. The van der Waals surface area contributed by atoms with Gasteiger partial charge in [0.1, 0.15) is 0 Å². The SMILES string of the molecule is COc1ccc(NCc2ccncc2Cl)cc1F. The molecular formula is C13H12ClFN2O. The van der Waals surface area contributed by atoms with Gasteiger partial charge in [-0.15, -0.1) is 0 Å². The van der Waals surface area contributed by atoms with Crippen LogP contribution in [0.4, 0.5) is 10.1 Å². The maximum Gasteiger partial charge on any atom is 0.167 e. The number of methoxy groups -OCH3 is 1. The summed E-state index contributed by atoms with van der Waals surface area (Å²) in [5, 5.41) is 3.67. The molecule has 0 amide bonds. The lowest BCUT2D eigenvalue weighted by atomic mass is 10.2. The maximum absolute atomic E-state index is 13.5. The predicted octanol–water partition coefficient (Wildman–Crippen LogP) is 3.49. The van der Waals surface area contributed by atoms with Crippen LogP contribution in [0.3, 0.4) is 0 Å². The smallest absolute Gasteiger partial charge is 0.167 e. The molecule has 0 saturated carbocycles. The molecule has 1 N–H and O–H groups in total. The Morgan fingerprint density at radius 1 is 1.39 bits per heavy atom. The summed E-state index contributed by atoms with van der Waals surface area (Å²) in [5.41, 5.74) is 1.57. The van der Waals surface area contributed by atoms with E-state index in [1.165, 1.54) is 13.2 Å². The molecule has 0 atom stereocenters. The van der Waals surface area contributed by atoms with E-state index in [1.54, 1.807) is 24.5 Å². The van der Waals surface area contributed by atoms with Gasteiger partial charge in [-0.05, 0) is 23.8 Å². The Balaban J connectivity index is 2.07. The van der Waals surface area contributed by atoms with Gasteiger partial charge in [-0.1, -0.05) is 11.6 Å². The number of ether oxygens (including phenoxy) is 1. The second-order valence-corrected chi connectivity index (χ2v) is 4.08. The molecule has 3 nitrogen and oxygen atoms in total. The molecule has 2 aromatic rings. The Labute approximate surface area is 110 Å². The minimum Gasteiger partial charge on any atom is -0.494 e. The lowest BCUT2D eigenvalue weighted by molar-refractivity contribution is 0.386. The largest absolute Gasteiger partial charge is 0.494 e. The van der Waals surface area contributed by atoms with Crippen LogP contribution in [0.25, 0.3) is 0 Å². The van der Waals surface area contributed by atoms with Crippen LogP contribution in [0.5, 0.6) is 5.75 Å². The molecule has 18 heavy (non-hydrogen) atoms. The van der Waals surface area contributed by atoms with Gasteiger partial charge in [0.15, 0.2) is 11.6 Å². The van der Waals surface area contributed by atoms with Crippen LogP contribution in [0.2, 0.25) is 5.02 Å². The molecule has 0 radical (unpaired) electrons. The molecule has 0 unspecified atom stereocenters. The quantitative estimate of drug-likeness (QED) is 0.920. The molecule has 2 rings (SSSR count). The van der Waals surface area contributed by atoms with Gasteiger partial charge in [0.25, 0.3) is 0 Å². The van der Waals surface area contributed by atoms with Crippen molar-refractivity contribution in [2.75, 3.05) is 12.4 Å². The van der Waals surface area contributed by atoms with E-state index in [2.05, 4.69) is 10.3 Å². The summed E-state index contributed by atoms with van der Waals surface area (Å²) in [6.45, 7) is 0.507. The van der Waals surface area contributed by atoms with E-state index >= 15 is 0 Å². The van der Waals surface area contributed by atoms with Crippen LogP contribution in [0.15, 0.2) is 36.7 Å². The summed E-state index contributed by atoms with van der Waals surface area (Å²) >= 11 is 5.97. The average Bonchev–Trinajstić information content (AvgIpc) is 2.38. The lowest BCUT2D eigenvalue weighted by Gasteiger charge is -2.09. The van der Waals surface area contributed by atoms with Crippen LogP contribution in [-0.4, -0.2) is 12.1 Å². The number of anilines is 1. The summed E-state index contributed by atoms with van der Waals surface area (Å²) in [4.78, 5) is 3.90. The summed E-state index contributed by atoms with van der Waals surface area (Å²) in [5.74, 6) is -0.175. The monoisotopic (exact) mass is 266 g/mol. The molecule has 1 heterocycles. The Morgan fingerprint density at radius 3 is 2.89 bits per heavy atom. The Morgan fingerprint density at radius 2 is 2.22 bits per heavy atom. The third-order valence-electron chi connectivity index (χ3n) is 2.49. The number of rotatable bonds is 4. The normalized spacial score (nSPS) is 10.2. The second kappa shape index (κ2) is 5.69. The molecule has 0 spiro atoms. The molecule has 0 fully saturated rings. The van der Waals surface area contributed by atoms with Crippen molar-refractivity contribution in [2.45, 2.75) is 6.54 Å². The number of halogens is 2. The first-order valence-electron chi connectivity index (χ1n) is 5.36. The van der Waals surface area contributed by atoms with Crippen molar-refractivity contribution in [1.82, 2.24) is 4.98 Å². The zero-order valence-electron chi connectivity index (χ0n) is 9.78. The van der Waals surface area contributed by atoms with Crippen molar-refractivity contribution < 1.29 is 9.13 Å². The van der Waals surface area contributed by atoms with Gasteiger partial charge in [-0.3, -0.25) is 4.98 Å². The molecule has 0 aliphatic heterocycles. The number of nitrogens with one attached hydrogen (secondary N) is 1. The Hall–Kier alpha value is -1.81. The highest BCUT2D eigenvalue weighted by atomic mass is 35.5. The van der Waals surface area contributed by atoms with E-state index in [4.69, 9.17) is 16.3 Å². The number of pyridine rings is 1. The van der Waals surface area contributed by atoms with Gasteiger partial charge in [0.2, 0.25) is 0 Å². The predicted molar refractivity (Wildman–Crippen MR) is 69.5 cm³/mol. The molecule has 0 bridgehead atoms. The fraction of sp³-hybridized carbons (Fsp3) is 0.154. The first-order valence-corrected chi connectivity index (χ1v) is 5.74. The van der Waals surface area contributed by atoms with Gasteiger partial charge in [0.05, 0.1) is 12.1 Å². The number of nitrogens with zero attached hydrogens (tertiary/aromatic N) is 1. The number of aromatic nitrogens is 1. The summed E-state index contributed by atoms with van der Waals surface area (Å²) in [6, 6.07) is 6.52. The van der Waals surface area contributed by atoms with Crippen molar-refractivity contribution >= 4 is 17.3 Å². The maximum atomic E-state index is 13.5. The van der Waals surface area contributed by atoms with E-state index in [-0.39, 0.29) is 5.75 Å². The van der Waals surface area contributed by atoms with Crippen LogP contribution in [0, 0.1) is 5.82 Å². The van der Waals surface area contributed by atoms with Crippen LogP contribution in [0.1, 0.15) is 5.56 Å². The molecule has 5 heteroatoms. The number of hydrogen-bond acceptors (Lipinski definition) is 3. The summed E-state index contributed by atoms with van der Waals surface area (Å²) in [6.07, 6.45) is 3.24. The number of benzene rings is 1. The Bertz CT molecular complexity index is 548. The van der Waals surface area contributed by atoms with E-state index in [0.29, 0.717) is 17.3 Å². The average molecular weight is 267 g/mol. The molecule has 1 aromatic carbocycles. The first kappa shape index (κ1) is 12.6. The molecule has 0 aliphatic carbocycles. The van der Waals surface area contributed by atoms with Gasteiger partial charge in [-0.25, -0.2) is 4.39 Å². The highest BCUT2D eigenvalue weighted by molar-refractivity contribution is 6.31. The minimum absolute atomic E-state index is 0.225. The molecule has 94 valence electrons. The molecular weight excluding hydrogens is 255 g/mol. The van der Waals surface area contributed by atoms with E-state index in [1.807, 2.05) is 6.07 Å². The van der Waals surface area contributed by atoms with Gasteiger partial charge >= 0.3 is 0 Å². The summed E-state index contributed by atoms with van der Waals surface area (Å²) < 4.78 is 18.3. The van der Waals surface area contributed by atoms with Crippen LogP contribution in [-0.2, 0) is 6.54 Å². The zero-order chi connectivity index (χ0) is 13.0. The van der Waals surface area contributed by atoms with Crippen molar-refractivity contribution in [1.29, 1.82) is 0 Å². The van der Waals surface area contributed by atoms with Gasteiger partial charge in [-0.2, -0.15) is 0 Å². The third kappa shape index (κ3) is 2.90. The number of hydrogen-bond donors (Lipinski definition) is 1. The van der Waals surface area contributed by atoms with E-state index < -0.39 is 5.82 Å². The van der Waals surface area contributed by atoms with Crippen molar-refractivity contribution in [3.63, 3.8) is 0 Å². The van der Waals surface area contributed by atoms with Crippen LogP contribution < -0.4 is 10.1 Å². The fourth-order valence-corrected chi connectivity index (χ4v) is 1.71. The van der Waals surface area contributed by atoms with Crippen molar-refractivity contribution in [3.8, 4) is 5.75 Å². The van der Waals surface area contributed by atoms with Crippen LogP contribution >= 0.6 is 11.6 Å². The highest BCUT2D eigenvalue weighted by Gasteiger charge is 2.04. The van der Waals surface area contributed by atoms with E-state index in [0.717, 1.165) is 5.56 Å². The summed E-state index contributed by atoms with van der Waals surface area (Å²) in [7, 11) is 1.43. The van der Waals surface area contributed by atoms with E-state index in [9.17, 15) is 4.39 Å². The Kier molecular flexibility index (Phi) is 3.99. The first-order chi connectivity index (χ1) is 8.70. The van der Waals surface area contributed by atoms with Crippen molar-refractivity contribution in [2.24, 2.45) is 0 Å². The topological polar surface area (TPSA) is 34.1 Å². The third-order valence-corrected chi connectivity index (χ3v) is 2.83. The standard InChI is InChI=1S/C13H12ClFN2O/c1-18-13-3-2-10(6-12(13)15)17-7-9-4-5-16-8-11(9)14/h2-6,8,17H,7H2,1H3. The van der Waals surface area contributed by atoms with Gasteiger partial charge < -0.3 is 10.1 Å². The second-order valence-electron chi connectivity index (χ2n) is 3.67. The van der Waals surface area contributed by atoms with Crippen molar-refractivity contribution in [3.05, 3.63) is 53.1 Å². The molecule has 0 aliphatic rings. The minimum atomic E-state index is -0.400. The zero-order valence-corrected chi connectivity index (χ0v) is 10.5.